The lowest BCUT2D eigenvalue weighted by molar-refractivity contribution is -0.0148. The maximum Gasteiger partial charge on any atom is 0.150 e. The Labute approximate surface area is 129 Å². The van der Waals surface area contributed by atoms with Crippen LogP contribution in [0.15, 0.2) is 0 Å². The van der Waals surface area contributed by atoms with Gasteiger partial charge in [0.25, 0.3) is 0 Å². The summed E-state index contributed by atoms with van der Waals surface area (Å²) < 4.78 is 23.8. The highest BCUT2D eigenvalue weighted by Gasteiger charge is 2.41. The first-order valence-corrected chi connectivity index (χ1v) is 10.3. The highest BCUT2D eigenvalue weighted by molar-refractivity contribution is 7.91. The monoisotopic (exact) mass is 315 g/mol. The Morgan fingerprint density at radius 3 is 2.38 bits per heavy atom. The van der Waals surface area contributed by atoms with E-state index in [4.69, 9.17) is 0 Å². The van der Waals surface area contributed by atoms with Crippen LogP contribution in [0.25, 0.3) is 0 Å². The molecule has 1 N–H and O–H groups in total. The lowest BCUT2D eigenvalue weighted by Crippen LogP contribution is -2.67. The van der Waals surface area contributed by atoms with Crippen molar-refractivity contribution in [3.05, 3.63) is 0 Å². The van der Waals surface area contributed by atoms with Gasteiger partial charge < -0.3 is 5.32 Å². The number of fused-ring (bicyclic) bond motifs is 3. The SMILES string of the molecule is CNC(C1CCCC(S(C)(=O)=O)C1)C1CN2CCN1CC2. The van der Waals surface area contributed by atoms with E-state index >= 15 is 0 Å². The molecule has 1 aliphatic carbocycles. The standard InChI is InChI=1S/C15H29N3O2S/c1-16-15(14-11-17-6-8-18(14)9-7-17)12-4-3-5-13(10-12)21(2,19)20/h12-16H,3-11H2,1-2H3. The number of hydrogen-bond donors (Lipinski definition) is 1. The van der Waals surface area contributed by atoms with Crippen LogP contribution in [0.4, 0.5) is 0 Å². The Bertz CT molecular complexity index is 460. The fraction of sp³-hybridized carbons (Fsp3) is 1.00. The topological polar surface area (TPSA) is 52.7 Å². The Morgan fingerprint density at radius 1 is 1.14 bits per heavy atom. The molecule has 3 heterocycles. The molecule has 4 rings (SSSR count). The van der Waals surface area contributed by atoms with Gasteiger partial charge in [-0.25, -0.2) is 8.42 Å². The molecule has 0 radical (unpaired) electrons. The molecular weight excluding hydrogens is 286 g/mol. The van der Waals surface area contributed by atoms with E-state index in [1.54, 1.807) is 0 Å². The van der Waals surface area contributed by atoms with Crippen molar-refractivity contribution in [1.82, 2.24) is 15.1 Å². The minimum Gasteiger partial charge on any atom is -0.315 e. The summed E-state index contributed by atoms with van der Waals surface area (Å²) in [4.78, 5) is 5.18. The molecule has 3 saturated heterocycles. The molecular formula is C15H29N3O2S. The number of sulfone groups is 1. The molecule has 4 unspecified atom stereocenters. The average Bonchev–Trinajstić information content (AvgIpc) is 2.49. The van der Waals surface area contributed by atoms with Crippen molar-refractivity contribution in [3.63, 3.8) is 0 Å². The van der Waals surface area contributed by atoms with Crippen LogP contribution in [0.3, 0.4) is 0 Å². The normalized spacial score (nSPS) is 41.9. The van der Waals surface area contributed by atoms with Crippen LogP contribution in [-0.4, -0.2) is 81.6 Å². The number of piperazine rings is 3. The van der Waals surface area contributed by atoms with E-state index in [2.05, 4.69) is 15.1 Å². The Morgan fingerprint density at radius 2 is 1.86 bits per heavy atom. The zero-order chi connectivity index (χ0) is 15.0. The fourth-order valence-electron chi connectivity index (χ4n) is 4.64. The summed E-state index contributed by atoms with van der Waals surface area (Å²) in [6.45, 7) is 5.88. The third-order valence-corrected chi connectivity index (χ3v) is 7.49. The largest absolute Gasteiger partial charge is 0.315 e. The van der Waals surface area contributed by atoms with E-state index in [9.17, 15) is 8.42 Å². The number of rotatable bonds is 4. The van der Waals surface area contributed by atoms with Crippen LogP contribution < -0.4 is 5.32 Å². The maximum atomic E-state index is 11.9. The second kappa shape index (κ2) is 6.14. The molecule has 4 aliphatic rings. The Hall–Kier alpha value is -0.170. The molecule has 4 fully saturated rings. The average molecular weight is 315 g/mol. The fourth-order valence-corrected chi connectivity index (χ4v) is 5.83. The number of nitrogens with zero attached hydrogens (tertiary/aromatic N) is 2. The van der Waals surface area contributed by atoms with Crippen LogP contribution >= 0.6 is 0 Å². The minimum absolute atomic E-state index is 0.122. The van der Waals surface area contributed by atoms with Crippen molar-refractivity contribution >= 4 is 9.84 Å². The molecule has 0 aromatic heterocycles. The molecule has 21 heavy (non-hydrogen) atoms. The first-order valence-electron chi connectivity index (χ1n) is 8.31. The molecule has 6 heteroatoms. The third-order valence-electron chi connectivity index (χ3n) is 5.85. The first kappa shape index (κ1) is 15.7. The summed E-state index contributed by atoms with van der Waals surface area (Å²) in [7, 11) is -0.844. The smallest absolute Gasteiger partial charge is 0.150 e. The van der Waals surface area contributed by atoms with Gasteiger partial charge in [-0.05, 0) is 32.2 Å². The molecule has 3 aliphatic heterocycles. The van der Waals surface area contributed by atoms with E-state index < -0.39 is 9.84 Å². The molecule has 0 aromatic rings. The van der Waals surface area contributed by atoms with Gasteiger partial charge >= 0.3 is 0 Å². The van der Waals surface area contributed by atoms with Gasteiger partial charge in [-0.1, -0.05) is 6.42 Å². The van der Waals surface area contributed by atoms with Gasteiger partial charge in [0.1, 0.15) is 9.84 Å². The van der Waals surface area contributed by atoms with Crippen molar-refractivity contribution in [2.75, 3.05) is 46.0 Å². The van der Waals surface area contributed by atoms with Crippen LogP contribution in [0.5, 0.6) is 0 Å². The van der Waals surface area contributed by atoms with E-state index in [0.717, 1.165) is 25.8 Å². The molecule has 0 aromatic carbocycles. The summed E-state index contributed by atoms with van der Waals surface area (Å²) >= 11 is 0. The van der Waals surface area contributed by atoms with E-state index in [1.165, 1.54) is 38.9 Å². The molecule has 0 spiro atoms. The molecule has 1 saturated carbocycles. The van der Waals surface area contributed by atoms with Gasteiger partial charge in [0.15, 0.2) is 0 Å². The van der Waals surface area contributed by atoms with Crippen LogP contribution in [0.2, 0.25) is 0 Å². The third kappa shape index (κ3) is 3.28. The van der Waals surface area contributed by atoms with Crippen LogP contribution in [0, 0.1) is 5.92 Å². The zero-order valence-electron chi connectivity index (χ0n) is 13.3. The van der Waals surface area contributed by atoms with Gasteiger partial charge in [0, 0.05) is 51.1 Å². The molecule has 122 valence electrons. The van der Waals surface area contributed by atoms with Crippen LogP contribution in [-0.2, 0) is 9.84 Å². The lowest BCUT2D eigenvalue weighted by Gasteiger charge is -2.52. The number of hydrogen-bond acceptors (Lipinski definition) is 5. The molecule has 5 nitrogen and oxygen atoms in total. The number of likely N-dealkylation sites (N-methyl/N-ethyl adjacent to an activating group) is 1. The van der Waals surface area contributed by atoms with Gasteiger partial charge in [-0.2, -0.15) is 0 Å². The Balaban J connectivity index is 1.71. The van der Waals surface area contributed by atoms with E-state index in [0.29, 0.717) is 18.0 Å². The minimum atomic E-state index is -2.89. The highest BCUT2D eigenvalue weighted by atomic mass is 32.2. The van der Waals surface area contributed by atoms with Gasteiger partial charge in [0.05, 0.1) is 5.25 Å². The number of nitrogens with one attached hydrogen (secondary N) is 1. The van der Waals surface area contributed by atoms with Gasteiger partial charge in [0.2, 0.25) is 0 Å². The predicted molar refractivity (Wildman–Crippen MR) is 85.2 cm³/mol. The van der Waals surface area contributed by atoms with Crippen LogP contribution in [0.1, 0.15) is 25.7 Å². The summed E-state index contributed by atoms with van der Waals surface area (Å²) in [5.74, 6) is 0.494. The van der Waals surface area contributed by atoms with Crippen molar-refractivity contribution in [3.8, 4) is 0 Å². The van der Waals surface area contributed by atoms with Crippen molar-refractivity contribution in [2.24, 2.45) is 5.92 Å². The summed E-state index contributed by atoms with van der Waals surface area (Å²) in [6, 6.07) is 0.985. The maximum absolute atomic E-state index is 11.9. The van der Waals surface area contributed by atoms with E-state index in [-0.39, 0.29) is 5.25 Å². The molecule has 4 atom stereocenters. The lowest BCUT2D eigenvalue weighted by atomic mass is 9.79. The second-order valence-corrected chi connectivity index (χ2v) is 9.42. The summed E-state index contributed by atoms with van der Waals surface area (Å²) in [6.07, 6.45) is 5.33. The predicted octanol–water partition coefficient (Wildman–Crippen LogP) is 0.178. The van der Waals surface area contributed by atoms with E-state index in [1.807, 2.05) is 7.05 Å². The molecule has 0 amide bonds. The summed E-state index contributed by atoms with van der Waals surface area (Å²) in [5.41, 5.74) is 0. The van der Waals surface area contributed by atoms with Crippen molar-refractivity contribution in [1.29, 1.82) is 0 Å². The summed E-state index contributed by atoms with van der Waals surface area (Å²) in [5, 5.41) is 3.41. The zero-order valence-corrected chi connectivity index (χ0v) is 14.1. The van der Waals surface area contributed by atoms with Gasteiger partial charge in [-0.15, -0.1) is 0 Å². The Kier molecular flexibility index (Phi) is 4.60. The van der Waals surface area contributed by atoms with Gasteiger partial charge in [-0.3, -0.25) is 9.80 Å². The highest BCUT2D eigenvalue weighted by Crippen LogP contribution is 2.33. The van der Waals surface area contributed by atoms with Crippen molar-refractivity contribution < 1.29 is 8.42 Å². The first-order chi connectivity index (χ1) is 9.99. The van der Waals surface area contributed by atoms with Crippen molar-refractivity contribution in [2.45, 2.75) is 43.0 Å². The second-order valence-electron chi connectivity index (χ2n) is 7.10. The molecule has 2 bridgehead atoms. The quantitative estimate of drug-likeness (QED) is 0.802.